The Morgan fingerprint density at radius 1 is 1.11 bits per heavy atom. The summed E-state index contributed by atoms with van der Waals surface area (Å²) in [4.78, 5) is 31.7. The van der Waals surface area contributed by atoms with Crippen LogP contribution >= 0.6 is 0 Å². The number of hydrogen-bond donors (Lipinski definition) is 1. The molecule has 9 nitrogen and oxygen atoms in total. The molecule has 9 rings (SSSR count). The molecule has 0 unspecified atom stereocenters. The van der Waals surface area contributed by atoms with Gasteiger partial charge in [0.25, 0.3) is 0 Å². The lowest BCUT2D eigenvalue weighted by Crippen LogP contribution is -2.58. The van der Waals surface area contributed by atoms with Crippen LogP contribution < -0.4 is 15.0 Å². The van der Waals surface area contributed by atoms with E-state index in [1.54, 1.807) is 6.20 Å². The number of carbonyl (C=O) groups is 1. The molecule has 47 heavy (non-hydrogen) atoms. The van der Waals surface area contributed by atoms with E-state index in [2.05, 4.69) is 27.0 Å². The fourth-order valence-electron chi connectivity index (χ4n) is 8.46. The van der Waals surface area contributed by atoms with Gasteiger partial charge in [0.1, 0.15) is 29.8 Å². The number of alkyl halides is 1. The Kier molecular flexibility index (Phi) is 7.62. The van der Waals surface area contributed by atoms with Crippen molar-refractivity contribution in [1.29, 1.82) is 0 Å². The highest BCUT2D eigenvalue weighted by molar-refractivity contribution is 6.00. The molecule has 7 heterocycles. The van der Waals surface area contributed by atoms with Crippen molar-refractivity contribution in [1.82, 2.24) is 25.2 Å². The van der Waals surface area contributed by atoms with E-state index in [-0.39, 0.29) is 30.4 Å². The first-order valence-electron chi connectivity index (χ1n) is 17.0. The number of rotatable bonds is 4. The molecule has 5 aliphatic heterocycles. The molecule has 1 N–H and O–H groups in total. The summed E-state index contributed by atoms with van der Waals surface area (Å²) in [6.07, 6.45) is 6.08. The van der Waals surface area contributed by atoms with E-state index in [1.807, 2.05) is 36.4 Å². The van der Waals surface area contributed by atoms with Crippen molar-refractivity contribution in [3.8, 4) is 17.3 Å². The molecule has 2 aromatic carbocycles. The van der Waals surface area contributed by atoms with Crippen molar-refractivity contribution in [3.05, 3.63) is 54.0 Å². The van der Waals surface area contributed by atoms with Crippen LogP contribution in [0.5, 0.6) is 6.01 Å². The minimum absolute atomic E-state index is 0.0589. The third-order valence-electron chi connectivity index (χ3n) is 10.9. The second-order valence-corrected chi connectivity index (χ2v) is 13.7. The topological polar surface area (TPSA) is 92.7 Å². The van der Waals surface area contributed by atoms with E-state index >= 15 is 4.39 Å². The standard InChI is InChI=1S/C36H40F2N6O3/c1-2-35-13-6-15-43(21-35)32-27-19-39-30(26-12-4-10-23-8-3-9-24(28(23)26)11-5-17-46-34(45)42-35)29(38)31(27)40-33(41-32)47-22-36-14-7-16-44(36)20-25(37)18-36/h3-4,8-10,12,19,25H,2,5-7,11,13-18,20-22H2,1H3,(H,42,45)/t25-,35+,36+/m1/s1. The van der Waals surface area contributed by atoms with Crippen LogP contribution in [0.2, 0.25) is 0 Å². The zero-order valence-corrected chi connectivity index (χ0v) is 26.7. The van der Waals surface area contributed by atoms with E-state index in [9.17, 15) is 9.18 Å². The number of carbonyl (C=O) groups excluding carboxylic acids is 1. The zero-order chi connectivity index (χ0) is 32.2. The summed E-state index contributed by atoms with van der Waals surface area (Å²) in [6, 6.07) is 11.9. The molecule has 4 aromatic rings. The van der Waals surface area contributed by atoms with Crippen molar-refractivity contribution in [3.63, 3.8) is 0 Å². The highest BCUT2D eigenvalue weighted by Crippen LogP contribution is 2.41. The van der Waals surface area contributed by atoms with Gasteiger partial charge in [-0.15, -0.1) is 0 Å². The third-order valence-corrected chi connectivity index (χ3v) is 10.9. The predicted octanol–water partition coefficient (Wildman–Crippen LogP) is 6.36. The Bertz CT molecular complexity index is 1850. The van der Waals surface area contributed by atoms with Crippen molar-refractivity contribution in [2.75, 3.05) is 44.3 Å². The van der Waals surface area contributed by atoms with Gasteiger partial charge in [-0.25, -0.2) is 13.6 Å². The number of hydrogen-bond acceptors (Lipinski definition) is 8. The van der Waals surface area contributed by atoms with Gasteiger partial charge in [0.05, 0.1) is 23.1 Å². The van der Waals surface area contributed by atoms with Crippen molar-refractivity contribution in [2.45, 2.75) is 75.5 Å². The number of benzene rings is 2. The van der Waals surface area contributed by atoms with Crippen molar-refractivity contribution >= 4 is 33.6 Å². The molecule has 3 atom stereocenters. The van der Waals surface area contributed by atoms with Gasteiger partial charge in [-0.05, 0) is 67.8 Å². The molecule has 5 aliphatic rings. The first kappa shape index (κ1) is 30.2. The summed E-state index contributed by atoms with van der Waals surface area (Å²) in [5.74, 6) is -0.0301. The Labute approximate surface area is 272 Å². The van der Waals surface area contributed by atoms with Gasteiger partial charge in [0, 0.05) is 37.8 Å². The summed E-state index contributed by atoms with van der Waals surface area (Å²) < 4.78 is 43.5. The molecule has 0 aliphatic carbocycles. The lowest BCUT2D eigenvalue weighted by atomic mass is 9.86. The highest BCUT2D eigenvalue weighted by Gasteiger charge is 2.49. The molecule has 246 valence electrons. The largest absolute Gasteiger partial charge is 0.461 e. The molecular formula is C36H40F2N6O3. The Balaban J connectivity index is 1.29. The number of ether oxygens (including phenoxy) is 2. The summed E-state index contributed by atoms with van der Waals surface area (Å²) in [5, 5.41) is 5.53. The molecular weight excluding hydrogens is 602 g/mol. The van der Waals surface area contributed by atoms with Gasteiger partial charge >= 0.3 is 12.1 Å². The molecule has 6 bridgehead atoms. The van der Waals surface area contributed by atoms with E-state index in [4.69, 9.17) is 19.4 Å². The number of aromatic nitrogens is 3. The maximum absolute atomic E-state index is 17.0. The fourth-order valence-corrected chi connectivity index (χ4v) is 8.46. The van der Waals surface area contributed by atoms with Crippen LogP contribution in [0, 0.1) is 5.82 Å². The van der Waals surface area contributed by atoms with Crippen molar-refractivity contribution < 1.29 is 23.0 Å². The number of fused-ring (bicyclic) bond motifs is 7. The molecule has 1 amide bonds. The van der Waals surface area contributed by atoms with Gasteiger partial charge < -0.3 is 19.7 Å². The van der Waals surface area contributed by atoms with Crippen molar-refractivity contribution in [2.24, 2.45) is 0 Å². The monoisotopic (exact) mass is 642 g/mol. The van der Waals surface area contributed by atoms with Crippen LogP contribution in [0.25, 0.3) is 32.9 Å². The summed E-state index contributed by atoms with van der Waals surface area (Å²) in [6.45, 7) is 4.91. The number of amides is 1. The maximum atomic E-state index is 17.0. The number of nitrogens with one attached hydrogen (secondary N) is 1. The predicted molar refractivity (Wildman–Crippen MR) is 176 cm³/mol. The average Bonchev–Trinajstić information content (AvgIpc) is 3.61. The molecule has 0 saturated carbocycles. The highest BCUT2D eigenvalue weighted by atomic mass is 19.1. The second-order valence-electron chi connectivity index (χ2n) is 13.7. The SMILES string of the molecule is CC[C@]12CCCN(C1)c1nc(OC[C@@]34CCCN3C[C@H](F)C4)nc3c(F)c(ncc13)-c1cccc3cccc(c13)CCCOC(=O)N2. The average molecular weight is 643 g/mol. The van der Waals surface area contributed by atoms with Gasteiger partial charge in [0.2, 0.25) is 0 Å². The molecule has 0 radical (unpaired) electrons. The van der Waals surface area contributed by atoms with Crippen LogP contribution in [0.15, 0.2) is 42.6 Å². The van der Waals surface area contributed by atoms with Crippen LogP contribution in [-0.2, 0) is 11.2 Å². The van der Waals surface area contributed by atoms with Crippen LogP contribution in [-0.4, -0.2) is 82.6 Å². The molecule has 2 aromatic heterocycles. The van der Waals surface area contributed by atoms with Crippen LogP contribution in [0.3, 0.4) is 0 Å². The minimum atomic E-state index is -0.894. The molecule has 3 saturated heterocycles. The normalized spacial score (nSPS) is 26.4. The molecule has 11 heteroatoms. The smallest absolute Gasteiger partial charge is 0.407 e. The zero-order valence-electron chi connectivity index (χ0n) is 26.7. The fraction of sp³-hybridized carbons (Fsp3) is 0.500. The van der Waals surface area contributed by atoms with Crippen LogP contribution in [0.1, 0.15) is 57.4 Å². The summed E-state index contributed by atoms with van der Waals surface area (Å²) >= 11 is 0. The number of pyridine rings is 1. The number of nitrogens with zero attached hydrogens (tertiary/aromatic N) is 5. The van der Waals surface area contributed by atoms with E-state index in [1.165, 1.54) is 0 Å². The first-order valence-corrected chi connectivity index (χ1v) is 17.0. The van der Waals surface area contributed by atoms with Gasteiger partial charge in [0.15, 0.2) is 5.82 Å². The number of halogens is 2. The second kappa shape index (κ2) is 11.8. The van der Waals surface area contributed by atoms with Gasteiger partial charge in [-0.3, -0.25) is 9.88 Å². The van der Waals surface area contributed by atoms with E-state index in [0.29, 0.717) is 62.1 Å². The Hall–Kier alpha value is -4.12. The van der Waals surface area contributed by atoms with E-state index < -0.39 is 29.2 Å². The Morgan fingerprint density at radius 2 is 1.96 bits per heavy atom. The first-order chi connectivity index (χ1) is 22.9. The number of anilines is 1. The third kappa shape index (κ3) is 5.32. The van der Waals surface area contributed by atoms with Gasteiger partial charge in [-0.2, -0.15) is 9.97 Å². The lowest BCUT2D eigenvalue weighted by Gasteiger charge is -2.43. The van der Waals surface area contributed by atoms with Gasteiger partial charge in [-0.1, -0.05) is 43.3 Å². The van der Waals surface area contributed by atoms with E-state index in [0.717, 1.165) is 48.6 Å². The molecule has 0 spiro atoms. The maximum Gasteiger partial charge on any atom is 0.407 e. The number of piperidine rings is 1. The molecule has 3 fully saturated rings. The van der Waals surface area contributed by atoms with Crippen LogP contribution in [0.4, 0.5) is 19.4 Å². The minimum Gasteiger partial charge on any atom is -0.461 e. The number of aryl methyl sites for hydroxylation is 1. The number of alkyl carbamates (subject to hydrolysis) is 1. The summed E-state index contributed by atoms with van der Waals surface area (Å²) in [7, 11) is 0. The Morgan fingerprint density at radius 3 is 2.83 bits per heavy atom. The quantitative estimate of drug-likeness (QED) is 0.275. The lowest BCUT2D eigenvalue weighted by molar-refractivity contribution is 0.107. The summed E-state index contributed by atoms with van der Waals surface area (Å²) in [5.41, 5.74) is 1.07.